The van der Waals surface area contributed by atoms with Crippen LogP contribution in [0.4, 0.5) is 0 Å². The summed E-state index contributed by atoms with van der Waals surface area (Å²) >= 11 is 0. The first-order valence-corrected chi connectivity index (χ1v) is 6.32. The molecule has 0 saturated heterocycles. The van der Waals surface area contributed by atoms with Crippen molar-refractivity contribution in [1.29, 1.82) is 0 Å². The number of nitrogens with one attached hydrogen (secondary N) is 1. The molecule has 0 saturated carbocycles. The van der Waals surface area contributed by atoms with Crippen molar-refractivity contribution in [3.8, 4) is 11.8 Å². The molecular weight excluding hydrogens is 250 g/mol. The van der Waals surface area contributed by atoms with Gasteiger partial charge in [-0.05, 0) is 17.7 Å². The maximum atomic E-state index is 12.2. The van der Waals surface area contributed by atoms with Gasteiger partial charge in [-0.3, -0.25) is 4.79 Å². The van der Waals surface area contributed by atoms with Gasteiger partial charge in [-0.1, -0.05) is 54.3 Å². The van der Waals surface area contributed by atoms with Crippen molar-refractivity contribution in [3.05, 3.63) is 71.3 Å². The van der Waals surface area contributed by atoms with Crippen molar-refractivity contribution in [3.63, 3.8) is 0 Å². The third-order valence-electron chi connectivity index (χ3n) is 2.77. The van der Waals surface area contributed by atoms with E-state index in [1.54, 1.807) is 18.2 Å². The molecule has 3 nitrogen and oxygen atoms in total. The zero-order valence-corrected chi connectivity index (χ0v) is 11.0. The predicted octanol–water partition coefficient (Wildman–Crippen LogP) is 1.96. The molecule has 0 heterocycles. The molecule has 0 radical (unpaired) electrons. The number of benzene rings is 2. The normalized spacial score (nSPS) is 9.45. The van der Waals surface area contributed by atoms with E-state index in [1.807, 2.05) is 36.4 Å². The summed E-state index contributed by atoms with van der Waals surface area (Å²) in [6.07, 6.45) is 0. The van der Waals surface area contributed by atoms with Crippen molar-refractivity contribution < 1.29 is 9.90 Å². The SMILES string of the molecule is O=C(NCc1ccccc1)c1ccccc1C#CCO. The summed E-state index contributed by atoms with van der Waals surface area (Å²) in [5.41, 5.74) is 2.18. The van der Waals surface area contributed by atoms with Crippen LogP contribution in [0.3, 0.4) is 0 Å². The Morgan fingerprint density at radius 1 is 1.05 bits per heavy atom. The molecule has 2 rings (SSSR count). The Kier molecular flexibility index (Phi) is 4.94. The summed E-state index contributed by atoms with van der Waals surface area (Å²) in [6.45, 7) is 0.251. The summed E-state index contributed by atoms with van der Waals surface area (Å²) in [7, 11) is 0. The second kappa shape index (κ2) is 7.13. The Morgan fingerprint density at radius 2 is 1.75 bits per heavy atom. The van der Waals surface area contributed by atoms with E-state index in [4.69, 9.17) is 5.11 Å². The maximum absolute atomic E-state index is 12.2. The van der Waals surface area contributed by atoms with Gasteiger partial charge in [-0.25, -0.2) is 0 Å². The molecular formula is C17H15NO2. The summed E-state index contributed by atoms with van der Waals surface area (Å²) in [5.74, 6) is 5.17. The summed E-state index contributed by atoms with van der Waals surface area (Å²) < 4.78 is 0. The van der Waals surface area contributed by atoms with Gasteiger partial charge in [0.1, 0.15) is 6.61 Å². The molecule has 2 aromatic carbocycles. The van der Waals surface area contributed by atoms with Crippen LogP contribution in [0.15, 0.2) is 54.6 Å². The van der Waals surface area contributed by atoms with E-state index < -0.39 is 0 Å². The topological polar surface area (TPSA) is 49.3 Å². The second-order valence-corrected chi connectivity index (χ2v) is 4.17. The summed E-state index contributed by atoms with van der Waals surface area (Å²) in [5, 5.41) is 11.6. The largest absolute Gasteiger partial charge is 0.384 e. The van der Waals surface area contributed by atoms with Gasteiger partial charge in [0.25, 0.3) is 5.91 Å². The van der Waals surface area contributed by atoms with Gasteiger partial charge >= 0.3 is 0 Å². The first-order chi connectivity index (χ1) is 9.81. The van der Waals surface area contributed by atoms with E-state index >= 15 is 0 Å². The van der Waals surface area contributed by atoms with Crippen LogP contribution in [-0.2, 0) is 6.54 Å². The molecule has 3 heteroatoms. The number of aliphatic hydroxyl groups is 1. The van der Waals surface area contributed by atoms with Crippen LogP contribution in [0.2, 0.25) is 0 Å². The van der Waals surface area contributed by atoms with E-state index in [0.29, 0.717) is 17.7 Å². The molecule has 0 bridgehead atoms. The summed E-state index contributed by atoms with van der Waals surface area (Å²) in [4.78, 5) is 12.2. The monoisotopic (exact) mass is 265 g/mol. The molecule has 1 amide bonds. The highest BCUT2D eigenvalue weighted by molar-refractivity contribution is 5.96. The second-order valence-electron chi connectivity index (χ2n) is 4.17. The van der Waals surface area contributed by atoms with Gasteiger partial charge < -0.3 is 10.4 Å². The third kappa shape index (κ3) is 3.71. The average molecular weight is 265 g/mol. The molecule has 2 N–H and O–H groups in total. The molecule has 0 atom stereocenters. The molecule has 0 aromatic heterocycles. The van der Waals surface area contributed by atoms with Crippen LogP contribution >= 0.6 is 0 Å². The smallest absolute Gasteiger partial charge is 0.252 e. The third-order valence-corrected chi connectivity index (χ3v) is 2.77. The number of carbonyl (C=O) groups excluding carboxylic acids is 1. The minimum atomic E-state index is -0.222. The molecule has 0 unspecified atom stereocenters. The standard InChI is InChI=1S/C17H15NO2/c19-12-6-10-15-9-4-5-11-16(15)17(20)18-13-14-7-2-1-3-8-14/h1-5,7-9,11,19H,12-13H2,(H,18,20). The fourth-order valence-electron chi connectivity index (χ4n) is 1.80. The minimum absolute atomic E-state index is 0.170. The lowest BCUT2D eigenvalue weighted by Gasteiger charge is -2.07. The molecule has 0 aliphatic heterocycles. The molecule has 20 heavy (non-hydrogen) atoms. The van der Waals surface area contributed by atoms with Crippen LogP contribution in [0.25, 0.3) is 0 Å². The van der Waals surface area contributed by atoms with Crippen LogP contribution in [0, 0.1) is 11.8 Å². The number of aliphatic hydroxyl groups excluding tert-OH is 1. The molecule has 0 fully saturated rings. The van der Waals surface area contributed by atoms with Gasteiger partial charge in [-0.2, -0.15) is 0 Å². The van der Waals surface area contributed by atoms with Gasteiger partial charge in [0, 0.05) is 12.1 Å². The van der Waals surface area contributed by atoms with Crippen molar-refractivity contribution >= 4 is 5.91 Å². The lowest BCUT2D eigenvalue weighted by Crippen LogP contribution is -2.23. The Bertz CT molecular complexity index is 639. The van der Waals surface area contributed by atoms with E-state index in [9.17, 15) is 4.79 Å². The van der Waals surface area contributed by atoms with Gasteiger partial charge in [0.05, 0.1) is 5.56 Å². The van der Waals surface area contributed by atoms with E-state index in [0.717, 1.165) is 5.56 Å². The van der Waals surface area contributed by atoms with E-state index in [1.165, 1.54) is 0 Å². The molecule has 2 aromatic rings. The zero-order valence-electron chi connectivity index (χ0n) is 11.0. The van der Waals surface area contributed by atoms with Crippen LogP contribution < -0.4 is 5.32 Å². The molecule has 0 aliphatic carbocycles. The number of hydrogen-bond donors (Lipinski definition) is 2. The maximum Gasteiger partial charge on any atom is 0.252 e. The van der Waals surface area contributed by atoms with Crippen molar-refractivity contribution in [2.75, 3.05) is 6.61 Å². The first kappa shape index (κ1) is 13.9. The minimum Gasteiger partial charge on any atom is -0.384 e. The van der Waals surface area contributed by atoms with Crippen LogP contribution in [-0.4, -0.2) is 17.6 Å². The van der Waals surface area contributed by atoms with Crippen LogP contribution in [0.1, 0.15) is 21.5 Å². The molecule has 100 valence electrons. The quantitative estimate of drug-likeness (QED) is 0.833. The van der Waals surface area contributed by atoms with Crippen molar-refractivity contribution in [2.24, 2.45) is 0 Å². The van der Waals surface area contributed by atoms with Crippen molar-refractivity contribution in [2.45, 2.75) is 6.54 Å². The lowest BCUT2D eigenvalue weighted by atomic mass is 10.1. The van der Waals surface area contributed by atoms with Gasteiger partial charge in [0.15, 0.2) is 0 Å². The fraction of sp³-hybridized carbons (Fsp3) is 0.118. The Morgan fingerprint density at radius 3 is 2.50 bits per heavy atom. The molecule has 0 spiro atoms. The predicted molar refractivity (Wildman–Crippen MR) is 78.0 cm³/mol. The molecule has 0 aliphatic rings. The highest BCUT2D eigenvalue weighted by Gasteiger charge is 2.08. The Hall–Kier alpha value is -2.57. The average Bonchev–Trinajstić information content (AvgIpc) is 2.52. The first-order valence-electron chi connectivity index (χ1n) is 6.32. The Balaban J connectivity index is 2.09. The van der Waals surface area contributed by atoms with E-state index in [2.05, 4.69) is 17.2 Å². The van der Waals surface area contributed by atoms with E-state index in [-0.39, 0.29) is 12.5 Å². The lowest BCUT2D eigenvalue weighted by molar-refractivity contribution is 0.0950. The highest BCUT2D eigenvalue weighted by atomic mass is 16.2. The summed E-state index contributed by atoms with van der Waals surface area (Å²) in [6, 6.07) is 16.8. The number of amides is 1. The van der Waals surface area contributed by atoms with Gasteiger partial charge in [-0.15, -0.1) is 0 Å². The number of carbonyl (C=O) groups is 1. The van der Waals surface area contributed by atoms with Crippen molar-refractivity contribution in [1.82, 2.24) is 5.32 Å². The highest BCUT2D eigenvalue weighted by Crippen LogP contribution is 2.08. The van der Waals surface area contributed by atoms with Crippen LogP contribution in [0.5, 0.6) is 0 Å². The number of rotatable bonds is 3. The number of hydrogen-bond acceptors (Lipinski definition) is 2. The van der Waals surface area contributed by atoms with Gasteiger partial charge in [0.2, 0.25) is 0 Å². The Labute approximate surface area is 118 Å². The fourth-order valence-corrected chi connectivity index (χ4v) is 1.80. The zero-order chi connectivity index (χ0) is 14.2.